The third-order valence-electron chi connectivity index (χ3n) is 1.60. The lowest BCUT2D eigenvalue weighted by molar-refractivity contribution is 0.828. The van der Waals surface area contributed by atoms with Crippen molar-refractivity contribution in [3.05, 3.63) is 34.2 Å². The minimum atomic E-state index is -0.647. The van der Waals surface area contributed by atoms with E-state index in [-0.39, 0.29) is 5.56 Å². The van der Waals surface area contributed by atoms with E-state index in [0.717, 1.165) is 5.56 Å². The molecule has 0 amide bonds. The van der Waals surface area contributed by atoms with E-state index in [9.17, 15) is 4.79 Å². The van der Waals surface area contributed by atoms with Crippen molar-refractivity contribution in [2.75, 3.05) is 0 Å². The maximum absolute atomic E-state index is 10.7. The highest BCUT2D eigenvalue weighted by molar-refractivity contribution is 5.14. The maximum Gasteiger partial charge on any atom is 0.247 e. The Morgan fingerprint density at radius 2 is 2.08 bits per heavy atom. The molecule has 0 bridgehead atoms. The van der Waals surface area contributed by atoms with Gasteiger partial charge in [-0.25, -0.2) is 0 Å². The van der Waals surface area contributed by atoms with Gasteiger partial charge in [0.25, 0.3) is 0 Å². The number of aromatic nitrogens is 1. The van der Waals surface area contributed by atoms with Crippen molar-refractivity contribution in [1.29, 1.82) is 10.5 Å². The molecule has 0 aromatic carbocycles. The summed E-state index contributed by atoms with van der Waals surface area (Å²) in [6.07, 6.45) is 1.87. The molecule has 4 nitrogen and oxygen atoms in total. The molecule has 0 saturated heterocycles. The Kier molecular flexibility index (Phi) is 2.83. The summed E-state index contributed by atoms with van der Waals surface area (Å²) in [5.74, 6) is -0.647. The van der Waals surface area contributed by atoms with Crippen LogP contribution in [0.25, 0.3) is 0 Å². The Morgan fingerprint density at radius 1 is 1.38 bits per heavy atom. The number of H-pyrrole nitrogens is 1. The van der Waals surface area contributed by atoms with Gasteiger partial charge in [-0.3, -0.25) is 4.79 Å². The Morgan fingerprint density at radius 3 is 2.54 bits per heavy atom. The molecule has 1 heterocycles. The van der Waals surface area contributed by atoms with Crippen LogP contribution in [0.15, 0.2) is 23.1 Å². The number of hydrogen-bond donors (Lipinski definition) is 1. The van der Waals surface area contributed by atoms with Gasteiger partial charge < -0.3 is 4.98 Å². The SMILES string of the molecule is N#CC(C#N)Cc1ccc(=O)[nH]c1. The molecule has 0 spiro atoms. The van der Waals surface area contributed by atoms with Gasteiger partial charge in [-0.2, -0.15) is 10.5 Å². The number of nitrogens with one attached hydrogen (secondary N) is 1. The lowest BCUT2D eigenvalue weighted by Crippen LogP contribution is -2.05. The minimum Gasteiger partial charge on any atom is -0.329 e. The number of aromatic amines is 1. The lowest BCUT2D eigenvalue weighted by Gasteiger charge is -1.98. The zero-order valence-electron chi connectivity index (χ0n) is 6.82. The summed E-state index contributed by atoms with van der Waals surface area (Å²) < 4.78 is 0. The molecule has 0 atom stereocenters. The van der Waals surface area contributed by atoms with E-state index in [0.29, 0.717) is 6.42 Å². The summed E-state index contributed by atoms with van der Waals surface area (Å²) in [6.45, 7) is 0. The lowest BCUT2D eigenvalue weighted by atomic mass is 10.0. The molecular weight excluding hydrogens is 166 g/mol. The molecule has 0 aliphatic heterocycles. The summed E-state index contributed by atoms with van der Waals surface area (Å²) in [6, 6.07) is 6.71. The first-order valence-corrected chi connectivity index (χ1v) is 3.73. The number of nitrogens with zero attached hydrogens (tertiary/aromatic N) is 2. The molecule has 0 aliphatic carbocycles. The van der Waals surface area contributed by atoms with Gasteiger partial charge >= 0.3 is 0 Å². The molecule has 0 aliphatic rings. The van der Waals surface area contributed by atoms with E-state index < -0.39 is 5.92 Å². The van der Waals surface area contributed by atoms with Crippen LogP contribution < -0.4 is 5.56 Å². The average Bonchev–Trinajstić information content (AvgIpc) is 2.17. The Labute approximate surface area is 75.1 Å². The topological polar surface area (TPSA) is 80.4 Å². The minimum absolute atomic E-state index is 0.186. The van der Waals surface area contributed by atoms with Gasteiger partial charge in [0.05, 0.1) is 12.1 Å². The average molecular weight is 173 g/mol. The summed E-state index contributed by atoms with van der Waals surface area (Å²) in [5.41, 5.74) is 0.599. The first-order valence-electron chi connectivity index (χ1n) is 3.73. The third-order valence-corrected chi connectivity index (χ3v) is 1.60. The molecule has 4 heteroatoms. The summed E-state index contributed by atoms with van der Waals surface area (Å²) in [5, 5.41) is 17.0. The Bertz CT molecular complexity index is 387. The number of hydrogen-bond acceptors (Lipinski definition) is 3. The van der Waals surface area contributed by atoms with Crippen molar-refractivity contribution in [2.24, 2.45) is 5.92 Å². The highest BCUT2D eigenvalue weighted by Crippen LogP contribution is 2.03. The zero-order chi connectivity index (χ0) is 9.68. The number of nitriles is 2. The van der Waals surface area contributed by atoms with Gasteiger partial charge in [-0.1, -0.05) is 6.07 Å². The van der Waals surface area contributed by atoms with Crippen molar-refractivity contribution in [3.63, 3.8) is 0 Å². The van der Waals surface area contributed by atoms with Gasteiger partial charge in [0.15, 0.2) is 0 Å². The fraction of sp³-hybridized carbons (Fsp3) is 0.222. The predicted molar refractivity (Wildman–Crippen MR) is 45.5 cm³/mol. The van der Waals surface area contributed by atoms with Crippen molar-refractivity contribution in [2.45, 2.75) is 6.42 Å². The predicted octanol–water partition coefficient (Wildman–Crippen LogP) is 0.581. The van der Waals surface area contributed by atoms with Crippen molar-refractivity contribution < 1.29 is 0 Å². The molecule has 0 radical (unpaired) electrons. The fourth-order valence-electron chi connectivity index (χ4n) is 0.926. The van der Waals surface area contributed by atoms with Crippen molar-refractivity contribution >= 4 is 0 Å². The van der Waals surface area contributed by atoms with Crippen LogP contribution in [0.2, 0.25) is 0 Å². The molecule has 1 rings (SSSR count). The largest absolute Gasteiger partial charge is 0.329 e. The van der Waals surface area contributed by atoms with Gasteiger partial charge in [0.2, 0.25) is 5.56 Å². The Balaban J connectivity index is 2.77. The van der Waals surface area contributed by atoms with Gasteiger partial charge in [-0.05, 0) is 5.56 Å². The third kappa shape index (κ3) is 2.46. The summed E-state index contributed by atoms with van der Waals surface area (Å²) >= 11 is 0. The molecule has 0 saturated carbocycles. The zero-order valence-corrected chi connectivity index (χ0v) is 6.82. The molecule has 0 unspecified atom stereocenters. The maximum atomic E-state index is 10.7. The second kappa shape index (κ2) is 4.08. The first kappa shape index (κ1) is 9.02. The van der Waals surface area contributed by atoms with Gasteiger partial charge in [0, 0.05) is 18.7 Å². The molecule has 13 heavy (non-hydrogen) atoms. The first-order chi connectivity index (χ1) is 6.26. The number of rotatable bonds is 2. The van der Waals surface area contributed by atoms with Crippen LogP contribution in [0, 0.1) is 28.6 Å². The van der Waals surface area contributed by atoms with Crippen LogP contribution >= 0.6 is 0 Å². The number of pyridine rings is 1. The van der Waals surface area contributed by atoms with E-state index >= 15 is 0 Å². The van der Waals surface area contributed by atoms with E-state index in [1.807, 2.05) is 12.1 Å². The van der Waals surface area contributed by atoms with Crippen LogP contribution in [0.4, 0.5) is 0 Å². The van der Waals surface area contributed by atoms with E-state index in [1.165, 1.54) is 12.3 Å². The van der Waals surface area contributed by atoms with Crippen LogP contribution in [-0.2, 0) is 6.42 Å². The summed E-state index contributed by atoms with van der Waals surface area (Å²) in [7, 11) is 0. The molecule has 1 aromatic rings. The van der Waals surface area contributed by atoms with Crippen LogP contribution in [0.3, 0.4) is 0 Å². The normalized spacial score (nSPS) is 9.15. The van der Waals surface area contributed by atoms with Crippen LogP contribution in [0.1, 0.15) is 5.56 Å². The van der Waals surface area contributed by atoms with E-state index in [1.54, 1.807) is 6.07 Å². The standard InChI is InChI=1S/C9H7N3O/c10-4-8(5-11)3-7-1-2-9(13)12-6-7/h1-2,6,8H,3H2,(H,12,13). The van der Waals surface area contributed by atoms with Crippen LogP contribution in [0.5, 0.6) is 0 Å². The molecule has 1 N–H and O–H groups in total. The quantitative estimate of drug-likeness (QED) is 0.710. The molecule has 1 aromatic heterocycles. The summed E-state index contributed by atoms with van der Waals surface area (Å²) in [4.78, 5) is 13.1. The van der Waals surface area contributed by atoms with Crippen molar-refractivity contribution in [3.8, 4) is 12.1 Å². The van der Waals surface area contributed by atoms with Crippen LogP contribution in [-0.4, -0.2) is 4.98 Å². The highest BCUT2D eigenvalue weighted by atomic mass is 16.1. The van der Waals surface area contributed by atoms with E-state index in [4.69, 9.17) is 10.5 Å². The highest BCUT2D eigenvalue weighted by Gasteiger charge is 2.05. The molecule has 0 fully saturated rings. The second-order valence-corrected chi connectivity index (χ2v) is 2.58. The van der Waals surface area contributed by atoms with Gasteiger partial charge in [-0.15, -0.1) is 0 Å². The molecule has 64 valence electrons. The van der Waals surface area contributed by atoms with Crippen molar-refractivity contribution in [1.82, 2.24) is 4.98 Å². The second-order valence-electron chi connectivity index (χ2n) is 2.58. The fourth-order valence-corrected chi connectivity index (χ4v) is 0.926. The smallest absolute Gasteiger partial charge is 0.247 e. The van der Waals surface area contributed by atoms with Gasteiger partial charge in [0.1, 0.15) is 5.92 Å². The molecular formula is C9H7N3O. The monoisotopic (exact) mass is 173 g/mol. The Hall–Kier alpha value is -2.07. The van der Waals surface area contributed by atoms with E-state index in [2.05, 4.69) is 4.98 Å².